The maximum atomic E-state index is 13.1. The minimum absolute atomic E-state index is 0.000219. The van der Waals surface area contributed by atoms with Gasteiger partial charge in [-0.15, -0.1) is 0 Å². The minimum atomic E-state index is -0.810. The fraction of sp³-hybridized carbons (Fsp3) is 0.917. The van der Waals surface area contributed by atoms with Gasteiger partial charge >= 0.3 is 11.9 Å². The van der Waals surface area contributed by atoms with Gasteiger partial charge < -0.3 is 9.47 Å². The van der Waals surface area contributed by atoms with Crippen molar-refractivity contribution < 1.29 is 19.1 Å². The van der Waals surface area contributed by atoms with E-state index in [2.05, 4.69) is 13.8 Å². The summed E-state index contributed by atoms with van der Waals surface area (Å²) in [5, 5.41) is 0. The topological polar surface area (TPSA) is 52.6 Å². The fourth-order valence-electron chi connectivity index (χ4n) is 3.91. The average Bonchev–Trinajstić information content (AvgIpc) is 2.57. The van der Waals surface area contributed by atoms with Crippen LogP contribution in [0.3, 0.4) is 0 Å². The number of carbonyl (C=O) groups is 2. The van der Waals surface area contributed by atoms with Gasteiger partial charge in [0.2, 0.25) is 0 Å². The maximum absolute atomic E-state index is 13.1. The quantitative estimate of drug-likeness (QED) is 0.371. The van der Waals surface area contributed by atoms with Gasteiger partial charge in [-0.05, 0) is 35.0 Å². The number of ether oxygens (including phenoxy) is 2. The largest absolute Gasteiger partial charge is 0.464 e. The Balaban J connectivity index is 3.07. The van der Waals surface area contributed by atoms with E-state index < -0.39 is 17.9 Å². The van der Waals surface area contributed by atoms with Gasteiger partial charge in [0.1, 0.15) is 0 Å². The predicted molar refractivity (Wildman–Crippen MR) is 114 cm³/mol. The lowest BCUT2D eigenvalue weighted by molar-refractivity contribution is -0.170. The van der Waals surface area contributed by atoms with Crippen LogP contribution >= 0.6 is 0 Å². The first-order chi connectivity index (χ1) is 12.8. The summed E-state index contributed by atoms with van der Waals surface area (Å²) in [5.41, 5.74) is -0.262. The first-order valence-electron chi connectivity index (χ1n) is 11.1. The molecule has 0 aromatic carbocycles. The zero-order valence-corrected chi connectivity index (χ0v) is 19.6. The van der Waals surface area contributed by atoms with Crippen molar-refractivity contribution in [1.82, 2.24) is 0 Å². The molecule has 0 saturated heterocycles. The van der Waals surface area contributed by atoms with Crippen molar-refractivity contribution in [2.75, 3.05) is 13.2 Å². The van der Waals surface area contributed by atoms with E-state index in [0.29, 0.717) is 25.0 Å². The third kappa shape index (κ3) is 9.43. The van der Waals surface area contributed by atoms with E-state index in [1.54, 1.807) is 0 Å². The summed E-state index contributed by atoms with van der Waals surface area (Å²) in [5.74, 6) is -0.795. The summed E-state index contributed by atoms with van der Waals surface area (Å²) in [7, 11) is 0. The number of carbonyl (C=O) groups excluding carboxylic acids is 2. The molecule has 0 spiro atoms. The van der Waals surface area contributed by atoms with Crippen molar-refractivity contribution in [3.8, 4) is 0 Å². The molecule has 0 amide bonds. The molecular weight excluding hydrogens is 352 g/mol. The molecule has 1 atom stereocenters. The van der Waals surface area contributed by atoms with Gasteiger partial charge in [-0.3, -0.25) is 9.59 Å². The molecule has 4 heteroatoms. The van der Waals surface area contributed by atoms with Crippen LogP contribution in [-0.2, 0) is 19.1 Å². The summed E-state index contributed by atoms with van der Waals surface area (Å²) in [6.07, 6.45) is 6.64. The minimum Gasteiger partial charge on any atom is -0.464 e. The number of hydrogen-bond acceptors (Lipinski definition) is 4. The monoisotopic (exact) mass is 396 g/mol. The van der Waals surface area contributed by atoms with Crippen LogP contribution < -0.4 is 0 Å². The lowest BCUT2D eigenvalue weighted by atomic mass is 9.70. The fourth-order valence-corrected chi connectivity index (χ4v) is 3.91. The molecule has 0 radical (unpaired) electrons. The molecule has 0 aliphatic heterocycles. The molecular formula is C24H44O4. The van der Waals surface area contributed by atoms with Gasteiger partial charge in [-0.25, -0.2) is 0 Å². The van der Waals surface area contributed by atoms with Crippen molar-refractivity contribution >= 4 is 11.9 Å². The Bertz CT molecular complexity index is 460. The highest BCUT2D eigenvalue weighted by atomic mass is 16.6. The molecule has 1 unspecified atom stereocenters. The van der Waals surface area contributed by atoms with Crippen LogP contribution in [0, 0.1) is 34.5 Å². The van der Waals surface area contributed by atoms with Gasteiger partial charge in [0.05, 0.1) is 13.2 Å². The second-order valence-corrected chi connectivity index (χ2v) is 11.5. The molecule has 1 aliphatic carbocycles. The van der Waals surface area contributed by atoms with Crippen LogP contribution in [-0.4, -0.2) is 25.2 Å². The molecule has 0 bridgehead atoms. The van der Waals surface area contributed by atoms with Gasteiger partial charge in [-0.2, -0.15) is 0 Å². The number of hydrogen-bond donors (Lipinski definition) is 0. The van der Waals surface area contributed by atoms with E-state index >= 15 is 0 Å². The summed E-state index contributed by atoms with van der Waals surface area (Å²) in [6, 6.07) is 0. The molecule has 1 saturated carbocycles. The van der Waals surface area contributed by atoms with Gasteiger partial charge in [-0.1, -0.05) is 87.5 Å². The zero-order chi connectivity index (χ0) is 21.5. The molecule has 4 nitrogen and oxygen atoms in total. The molecule has 164 valence electrons. The average molecular weight is 397 g/mol. The molecule has 1 rings (SSSR count). The third-order valence-electron chi connectivity index (χ3n) is 5.23. The lowest BCUT2D eigenvalue weighted by Crippen LogP contribution is -2.40. The van der Waals surface area contributed by atoms with Crippen molar-refractivity contribution in [3.05, 3.63) is 0 Å². The van der Waals surface area contributed by atoms with E-state index in [9.17, 15) is 9.59 Å². The van der Waals surface area contributed by atoms with E-state index in [1.807, 2.05) is 41.5 Å². The number of rotatable bonds is 8. The Morgan fingerprint density at radius 2 is 1.25 bits per heavy atom. The van der Waals surface area contributed by atoms with Crippen molar-refractivity contribution in [1.29, 1.82) is 0 Å². The maximum Gasteiger partial charge on any atom is 0.320 e. The standard InChI is InChI=1S/C24H44O4/c1-17(2)14-19(18-12-10-9-11-13-18)20(21(25)27-15-23(3,4)5)22(26)28-16-24(6,7)8/h17-20H,9-16H2,1-8H3. The zero-order valence-electron chi connectivity index (χ0n) is 19.6. The van der Waals surface area contributed by atoms with Crippen LogP contribution in [0.4, 0.5) is 0 Å². The van der Waals surface area contributed by atoms with Crippen molar-refractivity contribution in [3.63, 3.8) is 0 Å². The highest BCUT2D eigenvalue weighted by molar-refractivity contribution is 5.95. The Kier molecular flexibility index (Phi) is 9.49. The smallest absolute Gasteiger partial charge is 0.320 e. The normalized spacial score (nSPS) is 17.6. The first-order valence-corrected chi connectivity index (χ1v) is 11.1. The predicted octanol–water partition coefficient (Wildman–Crippen LogP) is 6.02. The SMILES string of the molecule is CC(C)CC(C1CCCCC1)C(C(=O)OCC(C)(C)C)C(=O)OCC(C)(C)C. The van der Waals surface area contributed by atoms with E-state index in [-0.39, 0.29) is 16.7 Å². The molecule has 0 aromatic heterocycles. The highest BCUT2D eigenvalue weighted by Crippen LogP contribution is 2.39. The van der Waals surface area contributed by atoms with Crippen LogP contribution in [0.2, 0.25) is 0 Å². The van der Waals surface area contributed by atoms with E-state index in [4.69, 9.17) is 9.47 Å². The lowest BCUT2D eigenvalue weighted by Gasteiger charge is -2.35. The van der Waals surface area contributed by atoms with Crippen molar-refractivity contribution in [2.45, 2.75) is 93.9 Å². The van der Waals surface area contributed by atoms with E-state index in [0.717, 1.165) is 19.3 Å². The Hall–Kier alpha value is -1.06. The highest BCUT2D eigenvalue weighted by Gasteiger charge is 2.42. The van der Waals surface area contributed by atoms with E-state index in [1.165, 1.54) is 19.3 Å². The molecule has 0 aromatic rings. The first kappa shape index (κ1) is 25.0. The van der Waals surface area contributed by atoms with Crippen LogP contribution in [0.5, 0.6) is 0 Å². The Labute approximate surface area is 173 Å². The van der Waals surface area contributed by atoms with Crippen LogP contribution in [0.15, 0.2) is 0 Å². The van der Waals surface area contributed by atoms with Crippen LogP contribution in [0.25, 0.3) is 0 Å². The summed E-state index contributed by atoms with van der Waals surface area (Å²) < 4.78 is 11.3. The Morgan fingerprint density at radius 3 is 1.61 bits per heavy atom. The molecule has 1 fully saturated rings. The molecule has 28 heavy (non-hydrogen) atoms. The molecule has 0 N–H and O–H groups in total. The van der Waals surface area contributed by atoms with Crippen molar-refractivity contribution in [2.24, 2.45) is 34.5 Å². The summed E-state index contributed by atoms with van der Waals surface area (Å²) >= 11 is 0. The van der Waals surface area contributed by atoms with Crippen LogP contribution in [0.1, 0.15) is 93.9 Å². The second-order valence-electron chi connectivity index (χ2n) is 11.5. The molecule has 1 aliphatic rings. The molecule has 0 heterocycles. The second kappa shape index (κ2) is 10.6. The summed E-state index contributed by atoms with van der Waals surface area (Å²) in [4.78, 5) is 26.2. The number of esters is 2. The third-order valence-corrected chi connectivity index (χ3v) is 5.23. The van der Waals surface area contributed by atoms with Gasteiger partial charge in [0.15, 0.2) is 5.92 Å². The summed E-state index contributed by atoms with van der Waals surface area (Å²) in [6.45, 7) is 17.1. The van der Waals surface area contributed by atoms with Gasteiger partial charge in [0.25, 0.3) is 0 Å². The Morgan fingerprint density at radius 1 is 0.821 bits per heavy atom. The van der Waals surface area contributed by atoms with Gasteiger partial charge in [0, 0.05) is 0 Å².